The second-order valence-corrected chi connectivity index (χ2v) is 4.53. The first-order valence-corrected chi connectivity index (χ1v) is 5.25. The third-order valence-electron chi connectivity index (χ3n) is 3.10. The summed E-state index contributed by atoms with van der Waals surface area (Å²) in [5.41, 5.74) is 0. The van der Waals surface area contributed by atoms with E-state index in [1.807, 2.05) is 0 Å². The van der Waals surface area contributed by atoms with Gasteiger partial charge in [0.05, 0.1) is 0 Å². The summed E-state index contributed by atoms with van der Waals surface area (Å²) in [5, 5.41) is 3.59. The number of rotatable bonds is 2. The molecule has 1 aliphatic carbocycles. The largest absolute Gasteiger partial charge is 0.311 e. The van der Waals surface area contributed by atoms with E-state index in [9.17, 15) is 0 Å². The SMILES string of the molecule is CC(C)[C@H]1CN(C2CC2)CCN1. The van der Waals surface area contributed by atoms with Crippen LogP contribution in [-0.4, -0.2) is 36.6 Å². The molecular formula is C10H20N2. The molecule has 0 aromatic carbocycles. The van der Waals surface area contributed by atoms with Gasteiger partial charge in [0.1, 0.15) is 0 Å². The quantitative estimate of drug-likeness (QED) is 0.663. The van der Waals surface area contributed by atoms with Gasteiger partial charge in [-0.3, -0.25) is 4.90 Å². The van der Waals surface area contributed by atoms with E-state index in [1.54, 1.807) is 0 Å². The molecule has 70 valence electrons. The number of nitrogens with one attached hydrogen (secondary N) is 1. The van der Waals surface area contributed by atoms with E-state index < -0.39 is 0 Å². The van der Waals surface area contributed by atoms with Gasteiger partial charge in [0.15, 0.2) is 0 Å². The van der Waals surface area contributed by atoms with Crippen LogP contribution in [0.25, 0.3) is 0 Å². The summed E-state index contributed by atoms with van der Waals surface area (Å²) in [5.74, 6) is 0.784. The first kappa shape index (κ1) is 8.52. The molecule has 0 radical (unpaired) electrons. The van der Waals surface area contributed by atoms with Crippen LogP contribution in [0.15, 0.2) is 0 Å². The van der Waals surface area contributed by atoms with Gasteiger partial charge in [-0.1, -0.05) is 13.8 Å². The Morgan fingerprint density at radius 2 is 2.08 bits per heavy atom. The average molecular weight is 168 g/mol. The van der Waals surface area contributed by atoms with Crippen molar-refractivity contribution in [3.63, 3.8) is 0 Å². The van der Waals surface area contributed by atoms with Gasteiger partial charge in [-0.25, -0.2) is 0 Å². The molecule has 2 nitrogen and oxygen atoms in total. The van der Waals surface area contributed by atoms with Gasteiger partial charge in [0, 0.05) is 31.7 Å². The van der Waals surface area contributed by atoms with Gasteiger partial charge in [-0.05, 0) is 18.8 Å². The van der Waals surface area contributed by atoms with Crippen molar-refractivity contribution in [1.82, 2.24) is 10.2 Å². The highest BCUT2D eigenvalue weighted by molar-refractivity contribution is 4.90. The molecular weight excluding hydrogens is 148 g/mol. The number of nitrogens with zero attached hydrogens (tertiary/aromatic N) is 1. The summed E-state index contributed by atoms with van der Waals surface area (Å²) in [6, 6.07) is 1.69. The van der Waals surface area contributed by atoms with E-state index in [-0.39, 0.29) is 0 Å². The highest BCUT2D eigenvalue weighted by atomic mass is 15.2. The molecule has 0 spiro atoms. The lowest BCUT2D eigenvalue weighted by molar-refractivity contribution is 0.168. The van der Waals surface area contributed by atoms with Gasteiger partial charge in [0.2, 0.25) is 0 Å². The fourth-order valence-electron chi connectivity index (χ4n) is 2.02. The Kier molecular flexibility index (Phi) is 2.37. The lowest BCUT2D eigenvalue weighted by Gasteiger charge is -2.35. The minimum Gasteiger partial charge on any atom is -0.311 e. The zero-order valence-corrected chi connectivity index (χ0v) is 8.21. The summed E-state index contributed by atoms with van der Waals surface area (Å²) >= 11 is 0. The van der Waals surface area contributed by atoms with E-state index >= 15 is 0 Å². The van der Waals surface area contributed by atoms with Crippen LogP contribution in [0.4, 0.5) is 0 Å². The molecule has 0 bridgehead atoms. The van der Waals surface area contributed by atoms with Gasteiger partial charge in [-0.15, -0.1) is 0 Å². The Bertz CT molecular complexity index is 144. The third kappa shape index (κ3) is 1.80. The molecule has 0 aromatic heterocycles. The fourth-order valence-corrected chi connectivity index (χ4v) is 2.02. The summed E-state index contributed by atoms with van der Waals surface area (Å²) < 4.78 is 0. The zero-order valence-electron chi connectivity index (χ0n) is 8.21. The van der Waals surface area contributed by atoms with Crippen LogP contribution in [0.1, 0.15) is 26.7 Å². The smallest absolute Gasteiger partial charge is 0.0218 e. The lowest BCUT2D eigenvalue weighted by Crippen LogP contribution is -2.53. The molecule has 1 atom stereocenters. The molecule has 2 rings (SSSR count). The standard InChI is InChI=1S/C10H20N2/c1-8(2)10-7-12(6-5-11-10)9-3-4-9/h8-11H,3-7H2,1-2H3/t10-/m1/s1. The van der Waals surface area contributed by atoms with Crippen LogP contribution < -0.4 is 5.32 Å². The summed E-state index contributed by atoms with van der Waals surface area (Å²) in [7, 11) is 0. The van der Waals surface area contributed by atoms with Gasteiger partial charge in [-0.2, -0.15) is 0 Å². The van der Waals surface area contributed by atoms with E-state index in [0.29, 0.717) is 0 Å². The van der Waals surface area contributed by atoms with Gasteiger partial charge < -0.3 is 5.32 Å². The topological polar surface area (TPSA) is 15.3 Å². The predicted molar refractivity (Wildman–Crippen MR) is 51.2 cm³/mol. The molecule has 1 heterocycles. The van der Waals surface area contributed by atoms with Crippen LogP contribution in [-0.2, 0) is 0 Å². The van der Waals surface area contributed by atoms with Crippen molar-refractivity contribution in [1.29, 1.82) is 0 Å². The van der Waals surface area contributed by atoms with Crippen molar-refractivity contribution in [2.45, 2.75) is 38.8 Å². The summed E-state index contributed by atoms with van der Waals surface area (Å²) in [6.07, 6.45) is 2.90. The minimum absolute atomic E-state index is 0.736. The number of piperazine rings is 1. The molecule has 1 aliphatic heterocycles. The normalized spacial score (nSPS) is 32.8. The van der Waals surface area contributed by atoms with Crippen LogP contribution >= 0.6 is 0 Å². The van der Waals surface area contributed by atoms with Crippen LogP contribution in [0.3, 0.4) is 0 Å². The first-order valence-electron chi connectivity index (χ1n) is 5.25. The van der Waals surface area contributed by atoms with Gasteiger partial charge in [0.25, 0.3) is 0 Å². The third-order valence-corrected chi connectivity index (χ3v) is 3.10. The Morgan fingerprint density at radius 3 is 2.67 bits per heavy atom. The Morgan fingerprint density at radius 1 is 1.33 bits per heavy atom. The molecule has 0 aromatic rings. The number of hydrogen-bond acceptors (Lipinski definition) is 2. The molecule has 1 N–H and O–H groups in total. The maximum Gasteiger partial charge on any atom is 0.0218 e. The van der Waals surface area contributed by atoms with Crippen LogP contribution in [0, 0.1) is 5.92 Å². The van der Waals surface area contributed by atoms with Gasteiger partial charge >= 0.3 is 0 Å². The monoisotopic (exact) mass is 168 g/mol. The minimum atomic E-state index is 0.736. The molecule has 0 amide bonds. The molecule has 2 aliphatic rings. The predicted octanol–water partition coefficient (Wildman–Crippen LogP) is 1.08. The Labute approximate surface area is 75.3 Å². The maximum absolute atomic E-state index is 3.59. The molecule has 1 saturated carbocycles. The first-order chi connectivity index (χ1) is 5.77. The highest BCUT2D eigenvalue weighted by Gasteiger charge is 2.32. The van der Waals surface area contributed by atoms with Crippen molar-refractivity contribution < 1.29 is 0 Å². The molecule has 0 unspecified atom stereocenters. The van der Waals surface area contributed by atoms with Crippen molar-refractivity contribution in [2.24, 2.45) is 5.92 Å². The molecule has 2 fully saturated rings. The van der Waals surface area contributed by atoms with Crippen molar-refractivity contribution in [3.05, 3.63) is 0 Å². The second kappa shape index (κ2) is 3.35. The molecule has 12 heavy (non-hydrogen) atoms. The van der Waals surface area contributed by atoms with Crippen LogP contribution in [0.2, 0.25) is 0 Å². The zero-order chi connectivity index (χ0) is 8.55. The van der Waals surface area contributed by atoms with Crippen molar-refractivity contribution in [2.75, 3.05) is 19.6 Å². The average Bonchev–Trinajstić information content (AvgIpc) is 2.87. The van der Waals surface area contributed by atoms with Crippen molar-refractivity contribution >= 4 is 0 Å². The summed E-state index contributed by atoms with van der Waals surface area (Å²) in [6.45, 7) is 8.37. The maximum atomic E-state index is 3.59. The van der Waals surface area contributed by atoms with Crippen molar-refractivity contribution in [3.8, 4) is 0 Å². The Balaban J connectivity index is 1.85. The molecule has 2 heteroatoms. The highest BCUT2D eigenvalue weighted by Crippen LogP contribution is 2.28. The lowest BCUT2D eigenvalue weighted by atomic mass is 10.0. The van der Waals surface area contributed by atoms with Crippen LogP contribution in [0.5, 0.6) is 0 Å². The fraction of sp³-hybridized carbons (Fsp3) is 1.00. The Hall–Kier alpha value is -0.0800. The molecule has 1 saturated heterocycles. The van der Waals surface area contributed by atoms with E-state index in [4.69, 9.17) is 0 Å². The second-order valence-electron chi connectivity index (χ2n) is 4.53. The number of hydrogen-bond donors (Lipinski definition) is 1. The van der Waals surface area contributed by atoms with E-state index in [2.05, 4.69) is 24.1 Å². The van der Waals surface area contributed by atoms with E-state index in [0.717, 1.165) is 18.0 Å². The van der Waals surface area contributed by atoms with E-state index in [1.165, 1.54) is 32.5 Å². The summed E-state index contributed by atoms with van der Waals surface area (Å²) in [4.78, 5) is 2.67.